The minimum Gasteiger partial charge on any atom is -0.467 e. The van der Waals surface area contributed by atoms with Crippen molar-refractivity contribution in [3.05, 3.63) is 24.2 Å². The van der Waals surface area contributed by atoms with E-state index in [2.05, 4.69) is 6.07 Å². The van der Waals surface area contributed by atoms with Gasteiger partial charge in [0.15, 0.2) is 0 Å². The van der Waals surface area contributed by atoms with Crippen molar-refractivity contribution in [2.75, 3.05) is 20.3 Å². The second kappa shape index (κ2) is 5.23. The molecule has 18 heavy (non-hydrogen) atoms. The van der Waals surface area contributed by atoms with Gasteiger partial charge in [-0.25, -0.2) is 0 Å². The lowest BCUT2D eigenvalue weighted by Crippen LogP contribution is -2.44. The molecule has 1 aromatic rings. The highest BCUT2D eigenvalue weighted by Crippen LogP contribution is 2.32. The van der Waals surface area contributed by atoms with Crippen molar-refractivity contribution < 1.29 is 13.9 Å². The molecule has 1 aliphatic rings. The molecule has 0 aliphatic carbocycles. The summed E-state index contributed by atoms with van der Waals surface area (Å²) in [6, 6.07) is 5.77. The van der Waals surface area contributed by atoms with Crippen molar-refractivity contribution in [3.63, 3.8) is 0 Å². The molecule has 96 valence electrons. The maximum Gasteiger partial charge on any atom is 0.243 e. The standard InChI is InChI=1S/C13H16N2O3/c1-15(9-11-3-2-6-18-11)12(16)13(10-14)4-7-17-8-5-13/h2-3,6H,4-5,7-9H2,1H3. The van der Waals surface area contributed by atoms with Gasteiger partial charge in [0, 0.05) is 20.3 Å². The van der Waals surface area contributed by atoms with E-state index in [0.29, 0.717) is 38.4 Å². The molecule has 2 heterocycles. The molecule has 1 aliphatic heterocycles. The first-order valence-corrected chi connectivity index (χ1v) is 5.95. The predicted octanol–water partition coefficient (Wildman–Crippen LogP) is 1.56. The minimum atomic E-state index is -0.931. The maximum atomic E-state index is 12.4. The number of carbonyl (C=O) groups is 1. The average molecular weight is 248 g/mol. The van der Waals surface area contributed by atoms with Crippen molar-refractivity contribution in [1.29, 1.82) is 5.26 Å². The molecule has 1 amide bonds. The van der Waals surface area contributed by atoms with Crippen molar-refractivity contribution >= 4 is 5.91 Å². The number of nitriles is 1. The monoisotopic (exact) mass is 248 g/mol. The molecule has 0 radical (unpaired) electrons. The Morgan fingerprint density at radius 2 is 2.28 bits per heavy atom. The zero-order valence-corrected chi connectivity index (χ0v) is 10.4. The molecule has 0 N–H and O–H groups in total. The molecular formula is C13H16N2O3. The van der Waals surface area contributed by atoms with Gasteiger partial charge in [0.1, 0.15) is 11.2 Å². The summed E-state index contributed by atoms with van der Waals surface area (Å²) in [4.78, 5) is 13.9. The van der Waals surface area contributed by atoms with Gasteiger partial charge in [-0.1, -0.05) is 0 Å². The molecular weight excluding hydrogens is 232 g/mol. The lowest BCUT2D eigenvalue weighted by molar-refractivity contribution is -0.142. The van der Waals surface area contributed by atoms with E-state index in [-0.39, 0.29) is 5.91 Å². The zero-order chi connectivity index (χ0) is 13.0. The number of furan rings is 1. The summed E-state index contributed by atoms with van der Waals surface area (Å²) in [6.45, 7) is 1.32. The molecule has 0 bridgehead atoms. The molecule has 0 atom stereocenters. The summed E-state index contributed by atoms with van der Waals surface area (Å²) < 4.78 is 10.4. The van der Waals surface area contributed by atoms with Crippen LogP contribution in [0.5, 0.6) is 0 Å². The van der Waals surface area contributed by atoms with Crippen LogP contribution in [-0.2, 0) is 16.1 Å². The van der Waals surface area contributed by atoms with E-state index in [0.717, 1.165) is 0 Å². The second-order valence-corrected chi connectivity index (χ2v) is 4.55. The summed E-state index contributed by atoms with van der Waals surface area (Å²) in [7, 11) is 1.69. The van der Waals surface area contributed by atoms with Crippen LogP contribution >= 0.6 is 0 Å². The molecule has 5 heteroatoms. The molecule has 1 fully saturated rings. The van der Waals surface area contributed by atoms with E-state index in [1.165, 1.54) is 0 Å². The van der Waals surface area contributed by atoms with Crippen LogP contribution in [0.3, 0.4) is 0 Å². The van der Waals surface area contributed by atoms with Crippen molar-refractivity contribution in [3.8, 4) is 6.07 Å². The van der Waals surface area contributed by atoms with Gasteiger partial charge in [0.05, 0.1) is 18.9 Å². The molecule has 0 unspecified atom stereocenters. The lowest BCUT2D eigenvalue weighted by atomic mass is 9.80. The zero-order valence-electron chi connectivity index (χ0n) is 10.4. The highest BCUT2D eigenvalue weighted by Gasteiger charge is 2.42. The summed E-state index contributed by atoms with van der Waals surface area (Å²) in [5.74, 6) is 0.565. The number of ether oxygens (including phenoxy) is 1. The Morgan fingerprint density at radius 1 is 1.56 bits per heavy atom. The van der Waals surface area contributed by atoms with Gasteiger partial charge in [-0.05, 0) is 25.0 Å². The molecule has 1 aromatic heterocycles. The Balaban J connectivity index is 2.07. The van der Waals surface area contributed by atoms with Crippen molar-refractivity contribution in [2.45, 2.75) is 19.4 Å². The Labute approximate surface area is 106 Å². The summed E-state index contributed by atoms with van der Waals surface area (Å²) in [6.07, 6.45) is 2.50. The van der Waals surface area contributed by atoms with E-state index in [1.807, 2.05) is 6.07 Å². The molecule has 1 saturated heterocycles. The van der Waals surface area contributed by atoms with E-state index in [1.54, 1.807) is 24.3 Å². The number of hydrogen-bond acceptors (Lipinski definition) is 4. The minimum absolute atomic E-state index is 0.148. The number of nitrogens with zero attached hydrogens (tertiary/aromatic N) is 2. The van der Waals surface area contributed by atoms with Crippen LogP contribution < -0.4 is 0 Å². The Morgan fingerprint density at radius 3 is 2.83 bits per heavy atom. The molecule has 2 rings (SSSR count). The Hall–Kier alpha value is -1.80. The summed E-state index contributed by atoms with van der Waals surface area (Å²) >= 11 is 0. The third kappa shape index (κ3) is 2.39. The lowest BCUT2D eigenvalue weighted by Gasteiger charge is -2.32. The van der Waals surface area contributed by atoms with Crippen LogP contribution in [-0.4, -0.2) is 31.1 Å². The molecule has 5 nitrogen and oxygen atoms in total. The number of hydrogen-bond donors (Lipinski definition) is 0. The first-order valence-electron chi connectivity index (χ1n) is 5.95. The number of amides is 1. The Kier molecular flexibility index (Phi) is 3.68. The van der Waals surface area contributed by atoms with Crippen LogP contribution in [0.4, 0.5) is 0 Å². The summed E-state index contributed by atoms with van der Waals surface area (Å²) in [5, 5.41) is 9.31. The fourth-order valence-corrected chi connectivity index (χ4v) is 2.17. The normalized spacial score (nSPS) is 18.0. The first-order chi connectivity index (χ1) is 8.68. The van der Waals surface area contributed by atoms with Crippen LogP contribution in [0.2, 0.25) is 0 Å². The third-order valence-electron chi connectivity index (χ3n) is 3.29. The second-order valence-electron chi connectivity index (χ2n) is 4.55. The highest BCUT2D eigenvalue weighted by atomic mass is 16.5. The van der Waals surface area contributed by atoms with Gasteiger partial charge in [-0.3, -0.25) is 4.79 Å². The van der Waals surface area contributed by atoms with Gasteiger partial charge in [-0.15, -0.1) is 0 Å². The fraction of sp³-hybridized carbons (Fsp3) is 0.538. The van der Waals surface area contributed by atoms with Gasteiger partial charge in [0.25, 0.3) is 0 Å². The third-order valence-corrected chi connectivity index (χ3v) is 3.29. The van der Waals surface area contributed by atoms with Gasteiger partial charge in [0.2, 0.25) is 5.91 Å². The van der Waals surface area contributed by atoms with Gasteiger partial charge < -0.3 is 14.1 Å². The van der Waals surface area contributed by atoms with Crippen LogP contribution in [0, 0.1) is 16.7 Å². The van der Waals surface area contributed by atoms with E-state index < -0.39 is 5.41 Å². The quantitative estimate of drug-likeness (QED) is 0.814. The number of carbonyl (C=O) groups excluding carboxylic acids is 1. The fourth-order valence-electron chi connectivity index (χ4n) is 2.17. The molecule has 0 spiro atoms. The maximum absolute atomic E-state index is 12.4. The Bertz CT molecular complexity index is 441. The van der Waals surface area contributed by atoms with Gasteiger partial charge in [-0.2, -0.15) is 5.26 Å². The topological polar surface area (TPSA) is 66.5 Å². The van der Waals surface area contributed by atoms with E-state index in [4.69, 9.17) is 9.15 Å². The van der Waals surface area contributed by atoms with E-state index in [9.17, 15) is 10.1 Å². The van der Waals surface area contributed by atoms with E-state index >= 15 is 0 Å². The first kappa shape index (κ1) is 12.7. The van der Waals surface area contributed by atoms with Crippen molar-refractivity contribution in [2.24, 2.45) is 5.41 Å². The largest absolute Gasteiger partial charge is 0.467 e. The smallest absolute Gasteiger partial charge is 0.243 e. The SMILES string of the molecule is CN(Cc1ccco1)C(=O)C1(C#N)CCOCC1. The molecule has 0 saturated carbocycles. The molecule has 0 aromatic carbocycles. The predicted molar refractivity (Wildman–Crippen MR) is 63.3 cm³/mol. The van der Waals surface area contributed by atoms with Gasteiger partial charge >= 0.3 is 0 Å². The summed E-state index contributed by atoms with van der Waals surface area (Å²) in [5.41, 5.74) is -0.931. The number of rotatable bonds is 3. The van der Waals surface area contributed by atoms with Crippen LogP contribution in [0.15, 0.2) is 22.8 Å². The van der Waals surface area contributed by atoms with Crippen LogP contribution in [0.25, 0.3) is 0 Å². The average Bonchev–Trinajstić information content (AvgIpc) is 2.91. The van der Waals surface area contributed by atoms with Crippen LogP contribution in [0.1, 0.15) is 18.6 Å². The highest BCUT2D eigenvalue weighted by molar-refractivity contribution is 5.85. The van der Waals surface area contributed by atoms with Crippen molar-refractivity contribution in [1.82, 2.24) is 4.90 Å².